The van der Waals surface area contributed by atoms with Gasteiger partial charge in [-0.05, 0) is 17.9 Å². The Morgan fingerprint density at radius 3 is 2.92 bits per heavy atom. The number of halogens is 1. The van der Waals surface area contributed by atoms with E-state index in [4.69, 9.17) is 11.6 Å². The van der Waals surface area contributed by atoms with E-state index in [0.717, 1.165) is 22.5 Å². The molecular weight excluding hydrogens is 204 g/mol. The molecule has 0 amide bonds. The molecule has 0 aliphatic carbocycles. The van der Waals surface area contributed by atoms with Crippen LogP contribution < -0.4 is 0 Å². The minimum atomic E-state index is 0.583. The number of fused-ring (bicyclic) bond motifs is 1. The van der Waals surface area contributed by atoms with Gasteiger partial charge in [-0.15, -0.1) is 11.3 Å². The molecule has 2 rings (SSSR count). The number of thiophene rings is 1. The van der Waals surface area contributed by atoms with Crippen molar-refractivity contribution in [1.82, 2.24) is 9.97 Å². The second-order valence-electron chi connectivity index (χ2n) is 2.88. The molecule has 0 bridgehead atoms. The monoisotopic (exact) mass is 212 g/mol. The minimum absolute atomic E-state index is 0.583. The van der Waals surface area contributed by atoms with Crippen LogP contribution in [0.25, 0.3) is 10.2 Å². The third-order valence-electron chi connectivity index (χ3n) is 1.91. The molecule has 4 heteroatoms. The number of rotatable bonds is 1. The van der Waals surface area contributed by atoms with E-state index in [0.29, 0.717) is 5.15 Å². The quantitative estimate of drug-likeness (QED) is 0.679. The molecule has 2 aromatic heterocycles. The highest BCUT2D eigenvalue weighted by atomic mass is 35.5. The summed E-state index contributed by atoms with van der Waals surface area (Å²) in [6.45, 7) is 4.07. The average molecular weight is 213 g/mol. The molecular formula is C9H9ClN2S. The molecule has 0 spiro atoms. The van der Waals surface area contributed by atoms with Crippen molar-refractivity contribution in [3.63, 3.8) is 0 Å². The zero-order valence-electron chi connectivity index (χ0n) is 7.47. The van der Waals surface area contributed by atoms with E-state index < -0.39 is 0 Å². The van der Waals surface area contributed by atoms with Gasteiger partial charge in [0.05, 0.1) is 10.2 Å². The smallest absolute Gasteiger partial charge is 0.150 e. The molecule has 0 atom stereocenters. The summed E-state index contributed by atoms with van der Waals surface area (Å²) in [5.74, 6) is 0.819. The summed E-state index contributed by atoms with van der Waals surface area (Å²) in [4.78, 5) is 8.63. The SMILES string of the molecule is CCc1nc(Cl)c2scc(C)c2n1. The molecule has 0 saturated heterocycles. The number of hydrogen-bond acceptors (Lipinski definition) is 3. The Kier molecular flexibility index (Phi) is 2.22. The van der Waals surface area contributed by atoms with Crippen LogP contribution in [0.15, 0.2) is 5.38 Å². The summed E-state index contributed by atoms with van der Waals surface area (Å²) in [6, 6.07) is 0. The number of hydrogen-bond donors (Lipinski definition) is 0. The predicted molar refractivity (Wildman–Crippen MR) is 56.5 cm³/mol. The van der Waals surface area contributed by atoms with Crippen molar-refractivity contribution in [2.45, 2.75) is 20.3 Å². The maximum absolute atomic E-state index is 6.01. The molecule has 0 fully saturated rings. The molecule has 0 radical (unpaired) electrons. The van der Waals surface area contributed by atoms with Gasteiger partial charge in [0.2, 0.25) is 0 Å². The van der Waals surface area contributed by atoms with Crippen molar-refractivity contribution < 1.29 is 0 Å². The predicted octanol–water partition coefficient (Wildman–Crippen LogP) is 3.22. The van der Waals surface area contributed by atoms with Crippen LogP contribution >= 0.6 is 22.9 Å². The largest absolute Gasteiger partial charge is 0.232 e. The van der Waals surface area contributed by atoms with Crippen LogP contribution in [-0.2, 0) is 6.42 Å². The fraction of sp³-hybridized carbons (Fsp3) is 0.333. The maximum Gasteiger partial charge on any atom is 0.150 e. The van der Waals surface area contributed by atoms with Gasteiger partial charge in [-0.1, -0.05) is 18.5 Å². The zero-order chi connectivity index (χ0) is 9.42. The van der Waals surface area contributed by atoms with Gasteiger partial charge in [0.15, 0.2) is 5.15 Å². The fourth-order valence-electron chi connectivity index (χ4n) is 1.20. The second kappa shape index (κ2) is 3.24. The lowest BCUT2D eigenvalue weighted by molar-refractivity contribution is 0.961. The Bertz CT molecular complexity index is 450. The van der Waals surface area contributed by atoms with Crippen LogP contribution in [0.4, 0.5) is 0 Å². The Morgan fingerprint density at radius 1 is 1.46 bits per heavy atom. The second-order valence-corrected chi connectivity index (χ2v) is 4.12. The van der Waals surface area contributed by atoms with E-state index in [9.17, 15) is 0 Å². The molecule has 2 aromatic rings. The third kappa shape index (κ3) is 1.42. The molecule has 0 N–H and O–H groups in total. The van der Waals surface area contributed by atoms with E-state index in [1.807, 2.05) is 13.8 Å². The average Bonchev–Trinajstić information content (AvgIpc) is 2.48. The normalized spacial score (nSPS) is 11.0. The van der Waals surface area contributed by atoms with Gasteiger partial charge in [-0.25, -0.2) is 9.97 Å². The molecule has 13 heavy (non-hydrogen) atoms. The van der Waals surface area contributed by atoms with Crippen molar-refractivity contribution in [3.8, 4) is 0 Å². The highest BCUT2D eigenvalue weighted by molar-refractivity contribution is 7.18. The summed E-state index contributed by atoms with van der Waals surface area (Å²) < 4.78 is 0.997. The Labute approximate surface area is 85.6 Å². The van der Waals surface area contributed by atoms with Crippen LogP contribution in [0.1, 0.15) is 18.3 Å². The number of nitrogens with zero attached hydrogens (tertiary/aromatic N) is 2. The van der Waals surface area contributed by atoms with E-state index in [1.165, 1.54) is 5.56 Å². The Morgan fingerprint density at radius 2 is 2.23 bits per heavy atom. The van der Waals surface area contributed by atoms with Crippen LogP contribution in [0, 0.1) is 6.92 Å². The van der Waals surface area contributed by atoms with Crippen LogP contribution in [0.3, 0.4) is 0 Å². The van der Waals surface area contributed by atoms with E-state index in [-0.39, 0.29) is 0 Å². The molecule has 0 aromatic carbocycles. The fourth-order valence-corrected chi connectivity index (χ4v) is 2.39. The third-order valence-corrected chi connectivity index (χ3v) is 3.39. The first-order valence-corrected chi connectivity index (χ1v) is 5.38. The minimum Gasteiger partial charge on any atom is -0.232 e. The Balaban J connectivity index is 2.80. The number of aryl methyl sites for hydroxylation is 2. The van der Waals surface area contributed by atoms with Crippen molar-refractivity contribution in [1.29, 1.82) is 0 Å². The van der Waals surface area contributed by atoms with Crippen molar-refractivity contribution in [3.05, 3.63) is 21.9 Å². The summed E-state index contributed by atoms with van der Waals surface area (Å²) in [5, 5.41) is 2.64. The summed E-state index contributed by atoms with van der Waals surface area (Å²) in [5.41, 5.74) is 2.18. The van der Waals surface area contributed by atoms with E-state index in [1.54, 1.807) is 11.3 Å². The van der Waals surface area contributed by atoms with Gasteiger partial charge in [0.1, 0.15) is 5.82 Å². The first-order chi connectivity index (χ1) is 6.22. The lowest BCUT2D eigenvalue weighted by Crippen LogP contribution is -1.92. The molecule has 0 aliphatic heterocycles. The van der Waals surface area contributed by atoms with Gasteiger partial charge in [-0.2, -0.15) is 0 Å². The first kappa shape index (κ1) is 8.91. The molecule has 0 unspecified atom stereocenters. The van der Waals surface area contributed by atoms with Gasteiger partial charge < -0.3 is 0 Å². The number of aromatic nitrogens is 2. The zero-order valence-corrected chi connectivity index (χ0v) is 9.04. The molecule has 0 aliphatic rings. The molecule has 0 saturated carbocycles. The highest BCUT2D eigenvalue weighted by Gasteiger charge is 2.08. The van der Waals surface area contributed by atoms with Crippen molar-refractivity contribution >= 4 is 33.2 Å². The Hall–Kier alpha value is -0.670. The summed E-state index contributed by atoms with van der Waals surface area (Å²) in [7, 11) is 0. The maximum atomic E-state index is 6.01. The van der Waals surface area contributed by atoms with Gasteiger partial charge in [-0.3, -0.25) is 0 Å². The lowest BCUT2D eigenvalue weighted by Gasteiger charge is -1.98. The van der Waals surface area contributed by atoms with Crippen LogP contribution in [0.2, 0.25) is 5.15 Å². The van der Waals surface area contributed by atoms with E-state index >= 15 is 0 Å². The van der Waals surface area contributed by atoms with Gasteiger partial charge in [0.25, 0.3) is 0 Å². The van der Waals surface area contributed by atoms with Crippen LogP contribution in [0.5, 0.6) is 0 Å². The summed E-state index contributed by atoms with van der Waals surface area (Å²) in [6.07, 6.45) is 0.824. The lowest BCUT2D eigenvalue weighted by atomic mass is 10.3. The topological polar surface area (TPSA) is 25.8 Å². The molecule has 68 valence electrons. The molecule has 2 heterocycles. The van der Waals surface area contributed by atoms with Gasteiger partial charge >= 0.3 is 0 Å². The highest BCUT2D eigenvalue weighted by Crippen LogP contribution is 2.28. The molecule has 2 nitrogen and oxygen atoms in total. The van der Waals surface area contributed by atoms with E-state index in [2.05, 4.69) is 15.3 Å². The summed E-state index contributed by atoms with van der Waals surface area (Å²) >= 11 is 7.62. The van der Waals surface area contributed by atoms with Crippen LogP contribution in [-0.4, -0.2) is 9.97 Å². The standard InChI is InChI=1S/C9H9ClN2S/c1-3-6-11-7-5(2)4-13-8(7)9(10)12-6/h4H,3H2,1-2H3. The van der Waals surface area contributed by atoms with Crippen molar-refractivity contribution in [2.75, 3.05) is 0 Å². The van der Waals surface area contributed by atoms with Crippen molar-refractivity contribution in [2.24, 2.45) is 0 Å². The van der Waals surface area contributed by atoms with Gasteiger partial charge in [0, 0.05) is 6.42 Å². The first-order valence-electron chi connectivity index (χ1n) is 4.12.